The first-order chi connectivity index (χ1) is 20.2. The lowest BCUT2D eigenvalue weighted by molar-refractivity contribution is -0.143. The SMILES string of the molecule is CC#C[C@@H](CC(=O)OCC)c1ccc(COc2ccc3scc(-c4ccc(OCCCS(C)(=O)=O)cc4C)c3c2)cc1. The number of fused-ring (bicyclic) bond motifs is 1. The van der Waals surface area contributed by atoms with Crippen molar-refractivity contribution in [3.8, 4) is 34.5 Å². The summed E-state index contributed by atoms with van der Waals surface area (Å²) in [5, 5.41) is 3.28. The molecule has 0 unspecified atom stereocenters. The Hall–Kier alpha value is -3.80. The van der Waals surface area contributed by atoms with E-state index in [2.05, 4.69) is 42.3 Å². The molecule has 4 rings (SSSR count). The first kappa shape index (κ1) is 31.1. The highest BCUT2D eigenvalue weighted by molar-refractivity contribution is 7.90. The smallest absolute Gasteiger partial charge is 0.307 e. The molecule has 0 amide bonds. The van der Waals surface area contributed by atoms with E-state index in [1.807, 2.05) is 42.5 Å². The van der Waals surface area contributed by atoms with Crippen molar-refractivity contribution in [2.75, 3.05) is 25.2 Å². The van der Waals surface area contributed by atoms with E-state index in [1.54, 1.807) is 25.2 Å². The average Bonchev–Trinajstić information content (AvgIpc) is 3.37. The molecule has 0 aliphatic carbocycles. The lowest BCUT2D eigenvalue weighted by atomic mass is 9.95. The summed E-state index contributed by atoms with van der Waals surface area (Å²) in [4.78, 5) is 12.0. The maximum absolute atomic E-state index is 12.0. The highest BCUT2D eigenvalue weighted by atomic mass is 32.2. The van der Waals surface area contributed by atoms with Gasteiger partial charge in [-0.15, -0.1) is 17.3 Å². The molecule has 3 aromatic carbocycles. The minimum atomic E-state index is -2.99. The second kappa shape index (κ2) is 14.4. The van der Waals surface area contributed by atoms with Gasteiger partial charge in [-0.2, -0.15) is 0 Å². The number of hydrogen-bond acceptors (Lipinski definition) is 7. The molecular weight excluding hydrogens is 569 g/mol. The molecule has 4 aromatic rings. The minimum Gasteiger partial charge on any atom is -0.494 e. The number of sulfone groups is 1. The van der Waals surface area contributed by atoms with Gasteiger partial charge in [0, 0.05) is 21.9 Å². The fourth-order valence-corrected chi connectivity index (χ4v) is 6.26. The van der Waals surface area contributed by atoms with Gasteiger partial charge in [-0.3, -0.25) is 4.79 Å². The molecule has 0 bridgehead atoms. The Kier molecular flexibility index (Phi) is 10.7. The fourth-order valence-electron chi connectivity index (χ4n) is 4.67. The molecular formula is C34H36O6S2. The highest BCUT2D eigenvalue weighted by Crippen LogP contribution is 2.38. The van der Waals surface area contributed by atoms with Gasteiger partial charge in [0.1, 0.15) is 27.9 Å². The summed E-state index contributed by atoms with van der Waals surface area (Å²) >= 11 is 1.69. The number of carbonyl (C=O) groups is 1. The van der Waals surface area contributed by atoms with Crippen LogP contribution in [0.25, 0.3) is 21.2 Å². The van der Waals surface area contributed by atoms with Gasteiger partial charge in [0.25, 0.3) is 0 Å². The van der Waals surface area contributed by atoms with Crippen molar-refractivity contribution in [1.82, 2.24) is 0 Å². The van der Waals surface area contributed by atoms with Crippen LogP contribution in [0, 0.1) is 18.8 Å². The first-order valence-corrected chi connectivity index (χ1v) is 16.8. The molecule has 220 valence electrons. The molecule has 0 aliphatic heterocycles. The predicted molar refractivity (Wildman–Crippen MR) is 170 cm³/mol. The Morgan fingerprint density at radius 3 is 2.40 bits per heavy atom. The Balaban J connectivity index is 1.43. The topological polar surface area (TPSA) is 78.9 Å². The van der Waals surface area contributed by atoms with Crippen molar-refractivity contribution < 1.29 is 27.4 Å². The van der Waals surface area contributed by atoms with E-state index in [0.29, 0.717) is 26.2 Å². The summed E-state index contributed by atoms with van der Waals surface area (Å²) in [7, 11) is -2.99. The zero-order valence-electron chi connectivity index (χ0n) is 24.4. The van der Waals surface area contributed by atoms with Gasteiger partial charge in [-0.05, 0) is 85.2 Å². The van der Waals surface area contributed by atoms with E-state index in [-0.39, 0.29) is 24.1 Å². The molecule has 8 heteroatoms. The molecule has 6 nitrogen and oxygen atoms in total. The monoisotopic (exact) mass is 604 g/mol. The molecule has 0 saturated heterocycles. The van der Waals surface area contributed by atoms with E-state index in [4.69, 9.17) is 14.2 Å². The maximum atomic E-state index is 12.0. The molecule has 1 atom stereocenters. The fraction of sp³-hybridized carbons (Fsp3) is 0.324. The number of ether oxygens (including phenoxy) is 3. The van der Waals surface area contributed by atoms with Crippen molar-refractivity contribution >= 4 is 37.2 Å². The van der Waals surface area contributed by atoms with Gasteiger partial charge in [-0.1, -0.05) is 36.3 Å². The largest absolute Gasteiger partial charge is 0.494 e. The van der Waals surface area contributed by atoms with Crippen LogP contribution in [0.1, 0.15) is 49.3 Å². The van der Waals surface area contributed by atoms with Crippen LogP contribution in [0.5, 0.6) is 11.5 Å². The predicted octanol–water partition coefficient (Wildman–Crippen LogP) is 7.33. The van der Waals surface area contributed by atoms with Gasteiger partial charge < -0.3 is 14.2 Å². The zero-order chi connectivity index (χ0) is 30.1. The van der Waals surface area contributed by atoms with Gasteiger partial charge in [0.2, 0.25) is 0 Å². The van der Waals surface area contributed by atoms with Crippen molar-refractivity contribution in [2.45, 2.75) is 46.1 Å². The summed E-state index contributed by atoms with van der Waals surface area (Å²) in [6.45, 7) is 6.75. The van der Waals surface area contributed by atoms with Crippen LogP contribution in [-0.2, 0) is 26.0 Å². The van der Waals surface area contributed by atoms with Gasteiger partial charge in [-0.25, -0.2) is 8.42 Å². The third-order valence-electron chi connectivity index (χ3n) is 6.74. The zero-order valence-corrected chi connectivity index (χ0v) is 26.1. The number of thiophene rings is 1. The standard InChI is InChI=1S/C34H36O6S2/c1-5-8-27(20-34(35)38-6-2)26-11-9-25(10-12-26)22-40-29-14-16-33-31(21-29)32(23-41-33)30-15-13-28(19-24(30)3)39-17-7-18-42(4,36)37/h9-16,19,21,23,27H,6-7,17-18,20,22H2,1-4H3/t27-/m0/s1. The van der Waals surface area contributed by atoms with Crippen LogP contribution in [0.2, 0.25) is 0 Å². The van der Waals surface area contributed by atoms with E-state index >= 15 is 0 Å². The number of hydrogen-bond donors (Lipinski definition) is 0. The molecule has 0 radical (unpaired) electrons. The Labute approximate surface area is 252 Å². The second-order valence-corrected chi connectivity index (χ2v) is 13.3. The van der Waals surface area contributed by atoms with E-state index in [1.165, 1.54) is 11.0 Å². The van der Waals surface area contributed by atoms with Crippen molar-refractivity contribution in [3.05, 3.63) is 82.7 Å². The molecule has 1 aromatic heterocycles. The molecule has 0 saturated carbocycles. The Morgan fingerprint density at radius 1 is 0.976 bits per heavy atom. The summed E-state index contributed by atoms with van der Waals surface area (Å²) in [5.74, 6) is 7.21. The molecule has 1 heterocycles. The van der Waals surface area contributed by atoms with E-state index in [0.717, 1.165) is 44.7 Å². The Morgan fingerprint density at radius 2 is 1.71 bits per heavy atom. The van der Waals surface area contributed by atoms with E-state index < -0.39 is 9.84 Å². The van der Waals surface area contributed by atoms with Crippen LogP contribution in [0.4, 0.5) is 0 Å². The second-order valence-electron chi connectivity index (χ2n) is 10.1. The molecule has 0 aliphatic rings. The van der Waals surface area contributed by atoms with Gasteiger partial charge in [0.15, 0.2) is 0 Å². The summed E-state index contributed by atoms with van der Waals surface area (Å²) < 4.78 is 40.9. The molecule has 42 heavy (non-hydrogen) atoms. The molecule has 0 fully saturated rings. The highest BCUT2D eigenvalue weighted by Gasteiger charge is 2.15. The normalized spacial score (nSPS) is 11.9. The minimum absolute atomic E-state index is 0.117. The van der Waals surface area contributed by atoms with Crippen molar-refractivity contribution in [1.29, 1.82) is 0 Å². The Bertz CT molecular complexity index is 1690. The third-order valence-corrected chi connectivity index (χ3v) is 8.74. The number of rotatable bonds is 13. The first-order valence-electron chi connectivity index (χ1n) is 13.9. The quantitative estimate of drug-likeness (QED) is 0.0903. The van der Waals surface area contributed by atoms with Crippen LogP contribution in [0.3, 0.4) is 0 Å². The van der Waals surface area contributed by atoms with Gasteiger partial charge in [0.05, 0.1) is 31.3 Å². The molecule has 0 spiro atoms. The number of aryl methyl sites for hydroxylation is 1. The lowest BCUT2D eigenvalue weighted by Gasteiger charge is -2.12. The lowest BCUT2D eigenvalue weighted by Crippen LogP contribution is -2.09. The van der Waals surface area contributed by atoms with Crippen LogP contribution in [0.15, 0.2) is 66.0 Å². The van der Waals surface area contributed by atoms with Crippen LogP contribution >= 0.6 is 11.3 Å². The van der Waals surface area contributed by atoms with Crippen LogP contribution in [-0.4, -0.2) is 39.6 Å². The number of carbonyl (C=O) groups excluding carboxylic acids is 1. The third kappa shape index (κ3) is 8.60. The summed E-state index contributed by atoms with van der Waals surface area (Å²) in [6.07, 6.45) is 1.93. The van der Waals surface area contributed by atoms with Gasteiger partial charge >= 0.3 is 5.97 Å². The number of esters is 1. The number of benzene rings is 3. The maximum Gasteiger partial charge on any atom is 0.307 e. The van der Waals surface area contributed by atoms with Crippen molar-refractivity contribution in [2.24, 2.45) is 0 Å². The average molecular weight is 605 g/mol. The van der Waals surface area contributed by atoms with Crippen LogP contribution < -0.4 is 9.47 Å². The van der Waals surface area contributed by atoms with E-state index in [9.17, 15) is 13.2 Å². The summed E-state index contributed by atoms with van der Waals surface area (Å²) in [6, 6.07) is 20.1. The summed E-state index contributed by atoms with van der Waals surface area (Å²) in [5.41, 5.74) is 5.33. The van der Waals surface area contributed by atoms with Crippen molar-refractivity contribution in [3.63, 3.8) is 0 Å². The molecule has 0 N–H and O–H groups in total.